The Morgan fingerprint density at radius 1 is 1.23 bits per heavy atom. The smallest absolute Gasteiger partial charge is 0.0809 e. The van der Waals surface area contributed by atoms with Crippen LogP contribution in [0.15, 0.2) is 60.7 Å². The second-order valence-electron chi connectivity index (χ2n) is 3.66. The molecule has 1 aliphatic carbocycles. The Kier molecular flexibility index (Phi) is 31.6. The molecule has 0 unspecified atom stereocenters. The molecule has 0 nitrogen and oxygen atoms in total. The Hall–Kier alpha value is -0.0100. The molecule has 0 aliphatic heterocycles. The molecule has 0 fully saturated rings. The van der Waals surface area contributed by atoms with E-state index in [4.69, 9.17) is 0 Å². The molecule has 0 saturated carbocycles. The van der Waals surface area contributed by atoms with Crippen LogP contribution >= 0.6 is 24.8 Å². The molecule has 1 aliphatic rings. The van der Waals surface area contributed by atoms with Gasteiger partial charge in [0.1, 0.15) is 0 Å². The van der Waals surface area contributed by atoms with Crippen LogP contribution < -0.4 is 0 Å². The predicted octanol–water partition coefficient (Wildman–Crippen LogP) is 6.01. The first kappa shape index (κ1) is 29.9. The van der Waals surface area contributed by atoms with Crippen molar-refractivity contribution < 1.29 is 23.3 Å². The second-order valence-corrected chi connectivity index (χ2v) is 3.66. The zero-order valence-corrected chi connectivity index (χ0v) is 18.3. The average molecular weight is 431 g/mol. The van der Waals surface area contributed by atoms with Crippen LogP contribution in [0.2, 0.25) is 0 Å². The third kappa shape index (κ3) is 14.9. The molecule has 3 rings (SSSR count). The Morgan fingerprint density at radius 3 is 2.23 bits per heavy atom. The SMILES string of the molecule is Cl.Cl.[C-]1=CC=CC1.[CH2-]CC.[CH3-].[Si]=[Zr].c1ccc2[cH-]ccc2c1. The Balaban J connectivity index is -0.000000110. The first-order valence-corrected chi connectivity index (χ1v) is 10.4. The largest absolute Gasteiger partial charge is 0.168 e. The zero-order chi connectivity index (χ0) is 14.3. The number of hydrogen-bond donors (Lipinski definition) is 0. The van der Waals surface area contributed by atoms with Gasteiger partial charge >= 0.3 is 30.2 Å². The third-order valence-electron chi connectivity index (χ3n) is 2.13. The Labute approximate surface area is 165 Å². The summed E-state index contributed by atoms with van der Waals surface area (Å²) < 4.78 is 0. The minimum Gasteiger partial charge on any atom is -0.168 e. The first-order chi connectivity index (χ1) is 9.38. The maximum absolute atomic E-state index is 3.49. The standard InChI is InChI=1S/C9H7.C5H5.C3H7.CH3.2ClH.Si.Zr/c1-2-5-9-7-3-6-8(9)4-1;1-2-4-5-3-1;1-3-2;;;;;/h1-7H;1-3H,4H2;1,3H2,2H3;1H3;2*1H;;/q4*-1;;;;. The number of halogens is 2. The molecule has 22 heavy (non-hydrogen) atoms. The molecule has 0 saturated heterocycles. The van der Waals surface area contributed by atoms with Crippen molar-refractivity contribution in [1.29, 1.82) is 0 Å². The van der Waals surface area contributed by atoms with E-state index in [9.17, 15) is 0 Å². The fourth-order valence-electron chi connectivity index (χ4n) is 1.41. The number of hydrogen-bond acceptors (Lipinski definition) is 0. The first-order valence-electron chi connectivity index (χ1n) is 6.25. The summed E-state index contributed by atoms with van der Waals surface area (Å²) >= 11 is 1.36. The summed E-state index contributed by atoms with van der Waals surface area (Å²) in [4.78, 5) is 0. The van der Waals surface area contributed by atoms with E-state index in [1.54, 1.807) is 0 Å². The van der Waals surface area contributed by atoms with Gasteiger partial charge in [-0.15, -0.1) is 60.9 Å². The van der Waals surface area contributed by atoms with E-state index in [2.05, 4.69) is 68.4 Å². The van der Waals surface area contributed by atoms with E-state index in [-0.39, 0.29) is 32.2 Å². The summed E-state index contributed by atoms with van der Waals surface area (Å²) in [5.74, 6) is 0. The van der Waals surface area contributed by atoms with Gasteiger partial charge in [-0.3, -0.25) is 6.08 Å². The fraction of sp³-hybridized carbons (Fsp3) is 0.167. The van der Waals surface area contributed by atoms with E-state index in [0.29, 0.717) is 0 Å². The summed E-state index contributed by atoms with van der Waals surface area (Å²) in [6.45, 7) is 8.56. The molecule has 0 spiro atoms. The van der Waals surface area contributed by atoms with E-state index < -0.39 is 0 Å². The van der Waals surface area contributed by atoms with Gasteiger partial charge in [-0.2, -0.15) is 30.0 Å². The fourth-order valence-corrected chi connectivity index (χ4v) is 1.41. The number of allylic oxidation sites excluding steroid dienone is 4. The van der Waals surface area contributed by atoms with E-state index in [1.165, 1.54) is 34.1 Å². The molecule has 0 N–H and O–H groups in total. The quantitative estimate of drug-likeness (QED) is 0.355. The molecule has 0 aromatic heterocycles. The van der Waals surface area contributed by atoms with Gasteiger partial charge in [-0.05, 0) is 0 Å². The van der Waals surface area contributed by atoms with Gasteiger partial charge in [0.05, 0.1) is 0 Å². The van der Waals surface area contributed by atoms with Crippen molar-refractivity contribution >= 4 is 42.5 Å². The van der Waals surface area contributed by atoms with Crippen LogP contribution in [0.3, 0.4) is 0 Å². The molecule has 122 valence electrons. The normalized spacial score (nSPS) is 9.14. The molecule has 0 atom stereocenters. The summed E-state index contributed by atoms with van der Waals surface area (Å²) in [5, 5.41) is 2.66. The van der Waals surface area contributed by atoms with Crippen molar-refractivity contribution in [3.63, 3.8) is 0 Å². The van der Waals surface area contributed by atoms with Crippen LogP contribution in [-0.4, -0.2) is 6.88 Å². The summed E-state index contributed by atoms with van der Waals surface area (Å²) in [5.41, 5.74) is 0. The van der Waals surface area contributed by atoms with Crippen LogP contribution in [-0.2, 0) is 23.3 Å². The molecule has 2 aromatic carbocycles. The second kappa shape index (κ2) is 23.3. The molecule has 2 radical (unpaired) electrons. The van der Waals surface area contributed by atoms with Crippen molar-refractivity contribution in [2.45, 2.75) is 19.8 Å². The van der Waals surface area contributed by atoms with Crippen molar-refractivity contribution in [2.24, 2.45) is 0 Å². The third-order valence-corrected chi connectivity index (χ3v) is 2.13. The van der Waals surface area contributed by atoms with Crippen molar-refractivity contribution in [2.75, 3.05) is 0 Å². The Morgan fingerprint density at radius 2 is 1.82 bits per heavy atom. The van der Waals surface area contributed by atoms with Gasteiger partial charge in [0, 0.05) is 0 Å². The van der Waals surface area contributed by atoms with Gasteiger partial charge < -0.3 is 14.4 Å². The topological polar surface area (TPSA) is 0 Å². The van der Waals surface area contributed by atoms with E-state index in [0.717, 1.165) is 12.8 Å². The molecule has 0 bridgehead atoms. The van der Waals surface area contributed by atoms with Crippen molar-refractivity contribution in [3.05, 3.63) is 81.1 Å². The minimum atomic E-state index is 0. The number of rotatable bonds is 0. The van der Waals surface area contributed by atoms with Crippen LogP contribution in [0, 0.1) is 20.4 Å². The van der Waals surface area contributed by atoms with E-state index in [1.807, 2.05) is 19.1 Å². The summed E-state index contributed by atoms with van der Waals surface area (Å²) in [6.07, 6.45) is 11.0. The van der Waals surface area contributed by atoms with Gasteiger partial charge in [-0.1, -0.05) is 13.0 Å². The summed E-state index contributed by atoms with van der Waals surface area (Å²) in [6, 6.07) is 14.7. The van der Waals surface area contributed by atoms with Crippen molar-refractivity contribution in [1.82, 2.24) is 0 Å². The van der Waals surface area contributed by atoms with E-state index >= 15 is 0 Å². The minimum absolute atomic E-state index is 0. The Bertz CT molecular complexity index is 452. The van der Waals surface area contributed by atoms with Crippen LogP contribution in [0.5, 0.6) is 0 Å². The van der Waals surface area contributed by atoms with Gasteiger partial charge in [0.2, 0.25) is 0 Å². The number of benzene rings is 1. The molecule has 0 amide bonds. The van der Waals surface area contributed by atoms with Gasteiger partial charge in [0.15, 0.2) is 0 Å². The van der Waals surface area contributed by atoms with Crippen molar-refractivity contribution in [3.8, 4) is 0 Å². The van der Waals surface area contributed by atoms with Gasteiger partial charge in [-0.25, -0.2) is 12.2 Å². The predicted molar refractivity (Wildman–Crippen MR) is 103 cm³/mol. The number of fused-ring (bicyclic) bond motifs is 1. The molecule has 4 heteroatoms. The van der Waals surface area contributed by atoms with Crippen LogP contribution in [0.1, 0.15) is 19.8 Å². The molecular formula is C18H24Cl2SiZr-4. The zero-order valence-electron chi connectivity index (χ0n) is 13.2. The van der Waals surface area contributed by atoms with Gasteiger partial charge in [0.25, 0.3) is 0 Å². The maximum Gasteiger partial charge on any atom is -0.0809 e. The molecular weight excluding hydrogens is 406 g/mol. The van der Waals surface area contributed by atoms with Crippen LogP contribution in [0.25, 0.3) is 10.8 Å². The molecule has 0 heterocycles. The average Bonchev–Trinajstić information content (AvgIpc) is 3.16. The molecule has 2 aromatic rings. The monoisotopic (exact) mass is 428 g/mol. The maximum atomic E-state index is 3.49. The summed E-state index contributed by atoms with van der Waals surface area (Å²) in [7, 11) is 0. The van der Waals surface area contributed by atoms with Crippen LogP contribution in [0.4, 0.5) is 0 Å².